The van der Waals surface area contributed by atoms with Gasteiger partial charge in [0, 0.05) is 26.2 Å². The summed E-state index contributed by atoms with van der Waals surface area (Å²) < 4.78 is 11.6. The Hall–Kier alpha value is -0.110. The van der Waals surface area contributed by atoms with Gasteiger partial charge in [0.1, 0.15) is 6.04 Å². The summed E-state index contributed by atoms with van der Waals surface area (Å²) in [5, 5.41) is 3.29. The molecule has 148 valence electrons. The van der Waals surface area contributed by atoms with Crippen LogP contribution >= 0.6 is 24.8 Å². The van der Waals surface area contributed by atoms with E-state index in [9.17, 15) is 4.79 Å². The molecule has 3 aliphatic heterocycles. The van der Waals surface area contributed by atoms with Crippen molar-refractivity contribution < 1.29 is 14.3 Å². The summed E-state index contributed by atoms with van der Waals surface area (Å²) in [6, 6.07) is -0.184. The van der Waals surface area contributed by atoms with Crippen molar-refractivity contribution in [2.45, 2.75) is 50.9 Å². The van der Waals surface area contributed by atoms with E-state index in [0.717, 1.165) is 45.6 Å². The van der Waals surface area contributed by atoms with E-state index in [1.165, 1.54) is 25.9 Å². The molecular formula is C17H33Cl2N3O3. The van der Waals surface area contributed by atoms with Crippen LogP contribution in [0, 0.1) is 0 Å². The first kappa shape index (κ1) is 22.9. The van der Waals surface area contributed by atoms with Crippen LogP contribution in [0.25, 0.3) is 0 Å². The molecule has 0 saturated carbocycles. The highest BCUT2D eigenvalue weighted by Gasteiger charge is 2.33. The second kappa shape index (κ2) is 11.6. The van der Waals surface area contributed by atoms with Gasteiger partial charge in [-0.2, -0.15) is 0 Å². The van der Waals surface area contributed by atoms with Crippen LogP contribution in [0.5, 0.6) is 0 Å². The molecule has 8 heteroatoms. The standard InChI is InChI=1S/C17H31N3O3.2ClH/c1-14-16(18-6-12-22-14)17(21)20-9-4-15(5-10-20)23-13-11-19-7-2-3-8-19;;/h14-16,18H,2-13H2,1H3;2*1H/t14-,16+;;/m1../s1. The third-order valence-corrected chi connectivity index (χ3v) is 5.30. The van der Waals surface area contributed by atoms with Crippen molar-refractivity contribution in [1.29, 1.82) is 0 Å². The molecular weight excluding hydrogens is 365 g/mol. The number of hydrogen-bond donors (Lipinski definition) is 1. The van der Waals surface area contributed by atoms with Crippen molar-refractivity contribution >= 4 is 30.7 Å². The number of ether oxygens (including phenoxy) is 2. The fourth-order valence-corrected chi connectivity index (χ4v) is 3.80. The summed E-state index contributed by atoms with van der Waals surface area (Å²) in [6.07, 6.45) is 4.84. The van der Waals surface area contributed by atoms with E-state index in [-0.39, 0.29) is 42.9 Å². The molecule has 3 aliphatic rings. The summed E-state index contributed by atoms with van der Waals surface area (Å²) in [5.74, 6) is 0.188. The lowest BCUT2D eigenvalue weighted by Gasteiger charge is -2.37. The van der Waals surface area contributed by atoms with Crippen LogP contribution in [0.3, 0.4) is 0 Å². The Bertz CT molecular complexity index is 389. The third-order valence-electron chi connectivity index (χ3n) is 5.30. The monoisotopic (exact) mass is 397 g/mol. The van der Waals surface area contributed by atoms with Crippen LogP contribution in [0.1, 0.15) is 32.6 Å². The van der Waals surface area contributed by atoms with Crippen molar-refractivity contribution in [2.75, 3.05) is 52.5 Å². The highest BCUT2D eigenvalue weighted by Crippen LogP contribution is 2.17. The predicted molar refractivity (Wildman–Crippen MR) is 103 cm³/mol. The molecule has 0 aromatic rings. The van der Waals surface area contributed by atoms with E-state index in [2.05, 4.69) is 10.2 Å². The number of carbonyl (C=O) groups excluding carboxylic acids is 1. The molecule has 2 atom stereocenters. The lowest BCUT2D eigenvalue weighted by atomic mass is 10.0. The Balaban J connectivity index is 0.00000156. The minimum Gasteiger partial charge on any atom is -0.377 e. The fraction of sp³-hybridized carbons (Fsp3) is 0.941. The maximum absolute atomic E-state index is 12.6. The van der Waals surface area contributed by atoms with Crippen molar-refractivity contribution in [3.05, 3.63) is 0 Å². The molecule has 1 N–H and O–H groups in total. The SMILES string of the molecule is C[C@H]1OCCN[C@@H]1C(=O)N1CCC(OCCN2CCCC2)CC1.Cl.Cl. The summed E-state index contributed by atoms with van der Waals surface area (Å²) in [7, 11) is 0. The maximum Gasteiger partial charge on any atom is 0.242 e. The summed E-state index contributed by atoms with van der Waals surface area (Å²) in [6.45, 7) is 9.37. The average molecular weight is 398 g/mol. The molecule has 0 bridgehead atoms. The van der Waals surface area contributed by atoms with E-state index in [1.54, 1.807) is 0 Å². The van der Waals surface area contributed by atoms with Crippen LogP contribution in [0.15, 0.2) is 0 Å². The van der Waals surface area contributed by atoms with Gasteiger partial charge in [0.05, 0.1) is 25.4 Å². The number of likely N-dealkylation sites (tertiary alicyclic amines) is 2. The van der Waals surface area contributed by atoms with Gasteiger partial charge < -0.3 is 24.6 Å². The summed E-state index contributed by atoms with van der Waals surface area (Å²) in [4.78, 5) is 17.1. The van der Waals surface area contributed by atoms with Gasteiger partial charge >= 0.3 is 0 Å². The van der Waals surface area contributed by atoms with E-state index >= 15 is 0 Å². The van der Waals surface area contributed by atoms with Gasteiger partial charge in [-0.05, 0) is 45.7 Å². The fourth-order valence-electron chi connectivity index (χ4n) is 3.80. The maximum atomic E-state index is 12.6. The molecule has 0 aromatic carbocycles. The van der Waals surface area contributed by atoms with Crippen molar-refractivity contribution in [1.82, 2.24) is 15.1 Å². The molecule has 0 aromatic heterocycles. The van der Waals surface area contributed by atoms with Crippen molar-refractivity contribution in [2.24, 2.45) is 0 Å². The van der Waals surface area contributed by atoms with E-state index in [4.69, 9.17) is 9.47 Å². The van der Waals surface area contributed by atoms with Crippen LogP contribution in [0.4, 0.5) is 0 Å². The number of halogens is 2. The number of hydrogen-bond acceptors (Lipinski definition) is 5. The van der Waals surface area contributed by atoms with Gasteiger partial charge in [0.25, 0.3) is 0 Å². The quantitative estimate of drug-likeness (QED) is 0.757. The molecule has 0 aliphatic carbocycles. The Morgan fingerprint density at radius 3 is 2.48 bits per heavy atom. The molecule has 6 nitrogen and oxygen atoms in total. The van der Waals surface area contributed by atoms with Crippen LogP contribution in [-0.2, 0) is 14.3 Å². The number of nitrogens with one attached hydrogen (secondary N) is 1. The lowest BCUT2D eigenvalue weighted by molar-refractivity contribution is -0.142. The second-order valence-corrected chi connectivity index (χ2v) is 6.95. The van der Waals surface area contributed by atoms with Gasteiger partial charge in [-0.15, -0.1) is 24.8 Å². The van der Waals surface area contributed by atoms with Crippen LogP contribution < -0.4 is 5.32 Å². The summed E-state index contributed by atoms with van der Waals surface area (Å²) >= 11 is 0. The normalized spacial score (nSPS) is 28.3. The van der Waals surface area contributed by atoms with Gasteiger partial charge in [-0.1, -0.05) is 0 Å². The van der Waals surface area contributed by atoms with Gasteiger partial charge in [-0.25, -0.2) is 0 Å². The molecule has 3 heterocycles. The molecule has 25 heavy (non-hydrogen) atoms. The molecule has 1 amide bonds. The predicted octanol–water partition coefficient (Wildman–Crippen LogP) is 1.31. The number of nitrogens with zero attached hydrogens (tertiary/aromatic N) is 2. The van der Waals surface area contributed by atoms with Crippen LogP contribution in [-0.4, -0.2) is 86.4 Å². The molecule has 0 spiro atoms. The molecule has 3 fully saturated rings. The molecule has 0 radical (unpaired) electrons. The highest BCUT2D eigenvalue weighted by molar-refractivity contribution is 5.85. The molecule has 3 rings (SSSR count). The van der Waals surface area contributed by atoms with Crippen LogP contribution in [0.2, 0.25) is 0 Å². The lowest BCUT2D eigenvalue weighted by Crippen LogP contribution is -2.57. The number of amides is 1. The first-order valence-corrected chi connectivity index (χ1v) is 9.22. The average Bonchev–Trinajstić information content (AvgIpc) is 3.09. The first-order chi connectivity index (χ1) is 11.2. The molecule has 0 unspecified atom stereocenters. The Morgan fingerprint density at radius 2 is 1.84 bits per heavy atom. The number of carbonyl (C=O) groups is 1. The third kappa shape index (κ3) is 6.52. The second-order valence-electron chi connectivity index (χ2n) is 6.95. The van der Waals surface area contributed by atoms with E-state index < -0.39 is 0 Å². The topological polar surface area (TPSA) is 54.0 Å². The number of morpholine rings is 1. The van der Waals surface area contributed by atoms with Crippen molar-refractivity contribution in [3.63, 3.8) is 0 Å². The largest absolute Gasteiger partial charge is 0.377 e. The molecule has 3 saturated heterocycles. The smallest absolute Gasteiger partial charge is 0.242 e. The zero-order valence-electron chi connectivity index (χ0n) is 15.2. The van der Waals surface area contributed by atoms with Gasteiger partial charge in [0.15, 0.2) is 0 Å². The minimum atomic E-state index is -0.184. The zero-order chi connectivity index (χ0) is 16.1. The first-order valence-electron chi connectivity index (χ1n) is 9.22. The number of piperidine rings is 1. The highest BCUT2D eigenvalue weighted by atomic mass is 35.5. The summed E-state index contributed by atoms with van der Waals surface area (Å²) in [5.41, 5.74) is 0. The Morgan fingerprint density at radius 1 is 1.16 bits per heavy atom. The van der Waals surface area contributed by atoms with E-state index in [0.29, 0.717) is 12.7 Å². The zero-order valence-corrected chi connectivity index (χ0v) is 16.8. The van der Waals surface area contributed by atoms with Gasteiger partial charge in [0.2, 0.25) is 5.91 Å². The Labute approximate surface area is 163 Å². The van der Waals surface area contributed by atoms with E-state index in [1.807, 2.05) is 11.8 Å². The van der Waals surface area contributed by atoms with Crippen molar-refractivity contribution in [3.8, 4) is 0 Å². The Kier molecular flexibility index (Phi) is 10.6. The van der Waals surface area contributed by atoms with Gasteiger partial charge in [-0.3, -0.25) is 4.79 Å². The number of rotatable bonds is 5. The minimum absolute atomic E-state index is 0.